The Kier molecular flexibility index (Phi) is 4.35. The van der Waals surface area contributed by atoms with E-state index in [0.717, 1.165) is 33.1 Å². The Labute approximate surface area is 147 Å². The fourth-order valence-corrected chi connectivity index (χ4v) is 3.48. The molecule has 3 aromatic rings. The topological polar surface area (TPSA) is 37.8 Å². The fraction of sp³-hybridized carbons (Fsp3) is 0.300. The molecule has 3 nitrogen and oxygen atoms in total. The van der Waals surface area contributed by atoms with Crippen molar-refractivity contribution in [2.45, 2.75) is 38.1 Å². The summed E-state index contributed by atoms with van der Waals surface area (Å²) in [5.41, 5.74) is 3.78. The van der Waals surface area contributed by atoms with Crippen molar-refractivity contribution in [3.8, 4) is 11.3 Å². The van der Waals surface area contributed by atoms with E-state index in [9.17, 15) is 0 Å². The summed E-state index contributed by atoms with van der Waals surface area (Å²) in [5, 5.41) is 4.38. The number of nitrogens with one attached hydrogen (secondary N) is 1. The number of aromatic nitrogens is 2. The number of fused-ring (bicyclic) bond motifs is 1. The van der Waals surface area contributed by atoms with Gasteiger partial charge < -0.3 is 5.32 Å². The third-order valence-corrected chi connectivity index (χ3v) is 4.89. The van der Waals surface area contributed by atoms with E-state index in [0.29, 0.717) is 6.04 Å². The summed E-state index contributed by atoms with van der Waals surface area (Å²) in [6.07, 6.45) is 6.32. The molecule has 0 atom stereocenters. The molecule has 1 heterocycles. The van der Waals surface area contributed by atoms with Crippen molar-refractivity contribution in [2.75, 3.05) is 5.32 Å². The maximum Gasteiger partial charge on any atom is 0.153 e. The van der Waals surface area contributed by atoms with Gasteiger partial charge in [-0.15, -0.1) is 0 Å². The number of rotatable bonds is 3. The SMILES string of the molecule is Clc1ccc(-c2nc3ccccc3nc2NC2CCCCC2)cc1. The molecule has 0 bridgehead atoms. The molecule has 0 radical (unpaired) electrons. The quantitative estimate of drug-likeness (QED) is 0.666. The van der Waals surface area contributed by atoms with Crippen molar-refractivity contribution in [1.82, 2.24) is 9.97 Å². The van der Waals surface area contributed by atoms with Gasteiger partial charge in [0.25, 0.3) is 0 Å². The van der Waals surface area contributed by atoms with Crippen LogP contribution in [-0.2, 0) is 0 Å². The molecule has 4 rings (SSSR count). The van der Waals surface area contributed by atoms with Crippen LogP contribution in [0.3, 0.4) is 0 Å². The van der Waals surface area contributed by atoms with Crippen LogP contribution in [0.4, 0.5) is 5.82 Å². The third-order valence-electron chi connectivity index (χ3n) is 4.63. The number of hydrogen-bond donors (Lipinski definition) is 1. The van der Waals surface area contributed by atoms with Crippen LogP contribution in [0.25, 0.3) is 22.3 Å². The van der Waals surface area contributed by atoms with Crippen LogP contribution in [0.5, 0.6) is 0 Å². The van der Waals surface area contributed by atoms with Gasteiger partial charge in [0.2, 0.25) is 0 Å². The van der Waals surface area contributed by atoms with E-state index in [1.54, 1.807) is 0 Å². The Bertz CT molecular complexity index is 839. The van der Waals surface area contributed by atoms with E-state index in [1.807, 2.05) is 48.5 Å². The zero-order valence-corrected chi connectivity index (χ0v) is 14.3. The van der Waals surface area contributed by atoms with E-state index in [2.05, 4.69) is 5.32 Å². The van der Waals surface area contributed by atoms with Gasteiger partial charge in [-0.2, -0.15) is 0 Å². The van der Waals surface area contributed by atoms with Gasteiger partial charge in [-0.25, -0.2) is 9.97 Å². The first-order valence-corrected chi connectivity index (χ1v) is 8.97. The molecule has 1 aliphatic carbocycles. The van der Waals surface area contributed by atoms with Gasteiger partial charge in [0, 0.05) is 16.6 Å². The second kappa shape index (κ2) is 6.78. The van der Waals surface area contributed by atoms with E-state index in [4.69, 9.17) is 21.6 Å². The molecule has 0 amide bonds. The van der Waals surface area contributed by atoms with Gasteiger partial charge in [-0.1, -0.05) is 55.1 Å². The lowest BCUT2D eigenvalue weighted by Gasteiger charge is -2.24. The predicted octanol–water partition coefficient (Wildman–Crippen LogP) is 5.69. The largest absolute Gasteiger partial charge is 0.366 e. The first kappa shape index (κ1) is 15.4. The number of para-hydroxylation sites is 2. The monoisotopic (exact) mass is 337 g/mol. The molecule has 0 aliphatic heterocycles. The fourth-order valence-electron chi connectivity index (χ4n) is 3.35. The summed E-state index contributed by atoms with van der Waals surface area (Å²) in [6, 6.07) is 16.3. The van der Waals surface area contributed by atoms with Crippen LogP contribution in [-0.4, -0.2) is 16.0 Å². The first-order chi connectivity index (χ1) is 11.8. The molecule has 1 aromatic heterocycles. The summed E-state index contributed by atoms with van der Waals surface area (Å²) >= 11 is 6.04. The second-order valence-electron chi connectivity index (χ2n) is 6.40. The Balaban J connectivity index is 1.79. The first-order valence-electron chi connectivity index (χ1n) is 8.59. The summed E-state index contributed by atoms with van der Waals surface area (Å²) in [6.45, 7) is 0. The zero-order valence-electron chi connectivity index (χ0n) is 13.5. The van der Waals surface area contributed by atoms with Crippen LogP contribution >= 0.6 is 11.6 Å². The van der Waals surface area contributed by atoms with E-state index >= 15 is 0 Å². The van der Waals surface area contributed by atoms with Gasteiger partial charge in [-0.3, -0.25) is 0 Å². The van der Waals surface area contributed by atoms with Crippen molar-refractivity contribution in [2.24, 2.45) is 0 Å². The summed E-state index contributed by atoms with van der Waals surface area (Å²) in [5.74, 6) is 0.878. The maximum atomic E-state index is 6.04. The Morgan fingerprint density at radius 1 is 0.833 bits per heavy atom. The molecule has 2 aromatic carbocycles. The minimum atomic E-state index is 0.486. The average Bonchev–Trinajstić information content (AvgIpc) is 2.63. The molecule has 24 heavy (non-hydrogen) atoms. The molecule has 0 spiro atoms. The van der Waals surface area contributed by atoms with E-state index in [-0.39, 0.29) is 0 Å². The smallest absolute Gasteiger partial charge is 0.153 e. The standard InChI is InChI=1S/C20H20ClN3/c21-15-12-10-14(11-13-15)19-20(22-16-6-2-1-3-7-16)24-18-9-5-4-8-17(18)23-19/h4-5,8-13,16H,1-3,6-7H2,(H,22,24). The number of anilines is 1. The number of hydrogen-bond acceptors (Lipinski definition) is 3. The van der Waals surface area contributed by atoms with Crippen molar-refractivity contribution >= 4 is 28.5 Å². The lowest BCUT2D eigenvalue weighted by atomic mass is 9.95. The summed E-state index contributed by atoms with van der Waals surface area (Å²) in [7, 11) is 0. The van der Waals surface area contributed by atoms with Gasteiger partial charge in [-0.05, 0) is 37.1 Å². The van der Waals surface area contributed by atoms with Crippen molar-refractivity contribution in [1.29, 1.82) is 0 Å². The highest BCUT2D eigenvalue weighted by atomic mass is 35.5. The van der Waals surface area contributed by atoms with Crippen LogP contribution in [0.1, 0.15) is 32.1 Å². The van der Waals surface area contributed by atoms with Gasteiger partial charge in [0.1, 0.15) is 5.69 Å². The highest BCUT2D eigenvalue weighted by Gasteiger charge is 2.17. The van der Waals surface area contributed by atoms with Crippen LogP contribution in [0.15, 0.2) is 48.5 Å². The predicted molar refractivity (Wildman–Crippen MR) is 100 cm³/mol. The summed E-state index contributed by atoms with van der Waals surface area (Å²) < 4.78 is 0. The molecular formula is C20H20ClN3. The van der Waals surface area contributed by atoms with E-state index < -0.39 is 0 Å². The van der Waals surface area contributed by atoms with E-state index in [1.165, 1.54) is 32.1 Å². The van der Waals surface area contributed by atoms with Crippen LogP contribution in [0.2, 0.25) is 5.02 Å². The molecule has 0 unspecified atom stereocenters. The molecule has 4 heteroatoms. The lowest BCUT2D eigenvalue weighted by Crippen LogP contribution is -2.23. The minimum absolute atomic E-state index is 0.486. The second-order valence-corrected chi connectivity index (χ2v) is 6.83. The van der Waals surface area contributed by atoms with Crippen molar-refractivity contribution in [3.05, 3.63) is 53.6 Å². The van der Waals surface area contributed by atoms with Crippen molar-refractivity contribution < 1.29 is 0 Å². The zero-order chi connectivity index (χ0) is 16.4. The van der Waals surface area contributed by atoms with Gasteiger partial charge in [0.05, 0.1) is 11.0 Å². The maximum absolute atomic E-state index is 6.04. The highest BCUT2D eigenvalue weighted by molar-refractivity contribution is 6.30. The normalized spacial score (nSPS) is 15.5. The van der Waals surface area contributed by atoms with Crippen LogP contribution < -0.4 is 5.32 Å². The highest BCUT2D eigenvalue weighted by Crippen LogP contribution is 2.30. The Morgan fingerprint density at radius 3 is 2.21 bits per heavy atom. The average molecular weight is 338 g/mol. The number of nitrogens with zero attached hydrogens (tertiary/aromatic N) is 2. The molecule has 1 saturated carbocycles. The lowest BCUT2D eigenvalue weighted by molar-refractivity contribution is 0.462. The molecule has 1 N–H and O–H groups in total. The van der Waals surface area contributed by atoms with Crippen molar-refractivity contribution in [3.63, 3.8) is 0 Å². The number of benzene rings is 2. The van der Waals surface area contributed by atoms with Gasteiger partial charge in [0.15, 0.2) is 5.82 Å². The molecule has 0 saturated heterocycles. The summed E-state index contributed by atoms with van der Waals surface area (Å²) in [4.78, 5) is 9.73. The number of halogens is 1. The Hall–Kier alpha value is -2.13. The molecular weight excluding hydrogens is 318 g/mol. The molecule has 122 valence electrons. The minimum Gasteiger partial charge on any atom is -0.366 e. The van der Waals surface area contributed by atoms with Crippen LogP contribution in [0, 0.1) is 0 Å². The third kappa shape index (κ3) is 3.22. The van der Waals surface area contributed by atoms with Gasteiger partial charge >= 0.3 is 0 Å². The molecule has 1 fully saturated rings. The molecule has 1 aliphatic rings. The Morgan fingerprint density at radius 2 is 1.50 bits per heavy atom.